The summed E-state index contributed by atoms with van der Waals surface area (Å²) in [6.07, 6.45) is 5.66. The smallest absolute Gasteiger partial charge is 0.321 e. The Balaban J connectivity index is 1.96. The van der Waals surface area contributed by atoms with Gasteiger partial charge >= 0.3 is 6.03 Å². The first-order chi connectivity index (χ1) is 8.77. The maximum Gasteiger partial charge on any atom is 0.321 e. The van der Waals surface area contributed by atoms with Crippen LogP contribution in [0.2, 0.25) is 0 Å². The third kappa shape index (κ3) is 3.45. The molecule has 1 aromatic rings. The molecule has 18 heavy (non-hydrogen) atoms. The van der Waals surface area contributed by atoms with Crippen molar-refractivity contribution in [1.82, 2.24) is 4.90 Å². The van der Waals surface area contributed by atoms with Crippen molar-refractivity contribution in [3.63, 3.8) is 0 Å². The number of carbonyl (C=O) groups excluding carboxylic acids is 1. The minimum Gasteiger partial charge on any atom is -0.325 e. The molecule has 1 aliphatic heterocycles. The average Bonchev–Trinajstić information content (AvgIpc) is 2.31. The molecule has 1 aliphatic rings. The highest BCUT2D eigenvalue weighted by atomic mass is 19.1. The Kier molecular flexibility index (Phi) is 4.56. The van der Waals surface area contributed by atoms with Crippen molar-refractivity contribution in [2.45, 2.75) is 32.1 Å². The van der Waals surface area contributed by atoms with E-state index in [0.717, 1.165) is 25.9 Å². The molecule has 0 aliphatic carbocycles. The quantitative estimate of drug-likeness (QED) is 0.811. The van der Waals surface area contributed by atoms with E-state index in [4.69, 9.17) is 0 Å². The fourth-order valence-electron chi connectivity index (χ4n) is 2.21. The van der Waals surface area contributed by atoms with Crippen LogP contribution in [-0.4, -0.2) is 24.0 Å². The maximum atomic E-state index is 13.4. The summed E-state index contributed by atoms with van der Waals surface area (Å²) in [5.41, 5.74) is 0.254. The summed E-state index contributed by atoms with van der Waals surface area (Å²) in [6, 6.07) is 6.06. The van der Waals surface area contributed by atoms with Crippen molar-refractivity contribution in [2.24, 2.45) is 0 Å². The molecule has 0 radical (unpaired) electrons. The predicted octanol–water partition coefficient (Wildman–Crippen LogP) is 3.62. The van der Waals surface area contributed by atoms with Gasteiger partial charge in [-0.15, -0.1) is 0 Å². The van der Waals surface area contributed by atoms with Gasteiger partial charge in [-0.1, -0.05) is 31.4 Å². The van der Waals surface area contributed by atoms with Crippen LogP contribution in [0.3, 0.4) is 0 Å². The van der Waals surface area contributed by atoms with Gasteiger partial charge in [-0.25, -0.2) is 9.18 Å². The number of anilines is 1. The van der Waals surface area contributed by atoms with Crippen LogP contribution in [0.15, 0.2) is 24.3 Å². The molecule has 2 amide bonds. The Morgan fingerprint density at radius 3 is 2.33 bits per heavy atom. The molecule has 98 valence electrons. The summed E-state index contributed by atoms with van der Waals surface area (Å²) in [7, 11) is 0. The van der Waals surface area contributed by atoms with Crippen LogP contribution in [0.1, 0.15) is 32.1 Å². The maximum absolute atomic E-state index is 13.4. The SMILES string of the molecule is O=C(Nc1ccccc1F)N1CCCCCCC1. The molecule has 3 nitrogen and oxygen atoms in total. The summed E-state index contributed by atoms with van der Waals surface area (Å²) in [6.45, 7) is 1.53. The van der Waals surface area contributed by atoms with Crippen LogP contribution in [-0.2, 0) is 0 Å². The normalized spacial score (nSPS) is 16.8. The highest BCUT2D eigenvalue weighted by Crippen LogP contribution is 2.15. The number of para-hydroxylation sites is 1. The number of hydrogen-bond donors (Lipinski definition) is 1. The molecular weight excluding hydrogens is 231 g/mol. The van der Waals surface area contributed by atoms with Crippen LogP contribution >= 0.6 is 0 Å². The van der Waals surface area contributed by atoms with Crippen LogP contribution in [0, 0.1) is 5.82 Å². The molecule has 0 unspecified atom stereocenters. The van der Waals surface area contributed by atoms with E-state index in [1.807, 2.05) is 0 Å². The Hall–Kier alpha value is -1.58. The molecule has 1 fully saturated rings. The zero-order chi connectivity index (χ0) is 12.8. The van der Waals surface area contributed by atoms with Gasteiger partial charge in [0, 0.05) is 13.1 Å². The van der Waals surface area contributed by atoms with E-state index < -0.39 is 5.82 Å². The molecule has 0 aromatic heterocycles. The zero-order valence-corrected chi connectivity index (χ0v) is 10.5. The van der Waals surface area contributed by atoms with Crippen molar-refractivity contribution >= 4 is 11.7 Å². The highest BCUT2D eigenvalue weighted by molar-refractivity contribution is 5.89. The number of halogens is 1. The predicted molar refractivity (Wildman–Crippen MR) is 70.1 cm³/mol. The fraction of sp³-hybridized carbons (Fsp3) is 0.500. The number of nitrogens with zero attached hydrogens (tertiary/aromatic N) is 1. The van der Waals surface area contributed by atoms with Gasteiger partial charge in [0.2, 0.25) is 0 Å². The monoisotopic (exact) mass is 250 g/mol. The van der Waals surface area contributed by atoms with E-state index >= 15 is 0 Å². The standard InChI is InChI=1S/C14H19FN2O/c15-12-8-4-5-9-13(12)16-14(18)17-10-6-2-1-3-7-11-17/h4-5,8-9H,1-3,6-7,10-11H2,(H,16,18). The Bertz CT molecular complexity index is 401. The van der Waals surface area contributed by atoms with Crippen molar-refractivity contribution in [2.75, 3.05) is 18.4 Å². The van der Waals surface area contributed by atoms with Gasteiger partial charge in [0.05, 0.1) is 5.69 Å². The number of hydrogen-bond acceptors (Lipinski definition) is 1. The fourth-order valence-corrected chi connectivity index (χ4v) is 2.21. The van der Waals surface area contributed by atoms with Crippen molar-refractivity contribution in [1.29, 1.82) is 0 Å². The van der Waals surface area contributed by atoms with E-state index in [0.29, 0.717) is 0 Å². The highest BCUT2D eigenvalue weighted by Gasteiger charge is 2.15. The summed E-state index contributed by atoms with van der Waals surface area (Å²) >= 11 is 0. The lowest BCUT2D eigenvalue weighted by Crippen LogP contribution is -2.37. The van der Waals surface area contributed by atoms with Crippen LogP contribution in [0.25, 0.3) is 0 Å². The Morgan fingerprint density at radius 1 is 1.06 bits per heavy atom. The van der Waals surface area contributed by atoms with E-state index in [-0.39, 0.29) is 11.7 Å². The third-order valence-electron chi connectivity index (χ3n) is 3.26. The van der Waals surface area contributed by atoms with E-state index in [1.54, 1.807) is 23.1 Å². The number of carbonyl (C=O) groups is 1. The average molecular weight is 250 g/mol. The first-order valence-electron chi connectivity index (χ1n) is 6.58. The second-order valence-corrected chi connectivity index (χ2v) is 4.66. The zero-order valence-electron chi connectivity index (χ0n) is 10.5. The van der Waals surface area contributed by atoms with Gasteiger partial charge in [-0.2, -0.15) is 0 Å². The molecule has 1 N–H and O–H groups in total. The van der Waals surface area contributed by atoms with Crippen LogP contribution in [0.4, 0.5) is 14.9 Å². The van der Waals surface area contributed by atoms with Gasteiger partial charge in [-0.3, -0.25) is 0 Å². The molecule has 0 saturated carbocycles. The molecular formula is C14H19FN2O. The summed E-state index contributed by atoms with van der Waals surface area (Å²) in [5.74, 6) is -0.391. The van der Waals surface area contributed by atoms with Gasteiger partial charge in [0.1, 0.15) is 5.82 Å². The first kappa shape index (κ1) is 12.9. The van der Waals surface area contributed by atoms with Gasteiger partial charge in [0.15, 0.2) is 0 Å². The lowest BCUT2D eigenvalue weighted by molar-refractivity contribution is 0.206. The number of urea groups is 1. The summed E-state index contributed by atoms with van der Waals surface area (Å²) in [5, 5.41) is 2.64. The topological polar surface area (TPSA) is 32.3 Å². The number of amides is 2. The van der Waals surface area contributed by atoms with Gasteiger partial charge < -0.3 is 10.2 Å². The lowest BCUT2D eigenvalue weighted by Gasteiger charge is -2.25. The summed E-state index contributed by atoms with van der Waals surface area (Å²) < 4.78 is 13.4. The molecule has 2 rings (SSSR count). The molecule has 0 atom stereocenters. The summed E-state index contributed by atoms with van der Waals surface area (Å²) in [4.78, 5) is 13.8. The minimum atomic E-state index is -0.391. The number of benzene rings is 1. The lowest BCUT2D eigenvalue weighted by atomic mass is 10.1. The number of nitrogens with one attached hydrogen (secondary N) is 1. The Labute approximate surface area is 107 Å². The first-order valence-corrected chi connectivity index (χ1v) is 6.58. The third-order valence-corrected chi connectivity index (χ3v) is 3.26. The molecule has 1 saturated heterocycles. The van der Waals surface area contributed by atoms with Gasteiger partial charge in [-0.05, 0) is 25.0 Å². The largest absolute Gasteiger partial charge is 0.325 e. The number of likely N-dealkylation sites (tertiary alicyclic amines) is 1. The minimum absolute atomic E-state index is 0.193. The molecule has 1 aromatic carbocycles. The second-order valence-electron chi connectivity index (χ2n) is 4.66. The molecule has 0 bridgehead atoms. The van der Waals surface area contributed by atoms with E-state index in [2.05, 4.69) is 5.32 Å². The Morgan fingerprint density at radius 2 is 1.67 bits per heavy atom. The van der Waals surface area contributed by atoms with Gasteiger partial charge in [0.25, 0.3) is 0 Å². The van der Waals surface area contributed by atoms with E-state index in [1.165, 1.54) is 25.3 Å². The van der Waals surface area contributed by atoms with Crippen LogP contribution < -0.4 is 5.32 Å². The molecule has 1 heterocycles. The molecule has 4 heteroatoms. The van der Waals surface area contributed by atoms with Crippen LogP contribution in [0.5, 0.6) is 0 Å². The number of rotatable bonds is 1. The second kappa shape index (κ2) is 6.38. The molecule has 0 spiro atoms. The van der Waals surface area contributed by atoms with Crippen molar-refractivity contribution in [3.8, 4) is 0 Å². The van der Waals surface area contributed by atoms with Crippen molar-refractivity contribution in [3.05, 3.63) is 30.1 Å². The van der Waals surface area contributed by atoms with Crippen molar-refractivity contribution < 1.29 is 9.18 Å². The van der Waals surface area contributed by atoms with E-state index in [9.17, 15) is 9.18 Å².